The Morgan fingerprint density at radius 1 is 1.03 bits per heavy atom. The number of piperazine rings is 1. The van der Waals surface area contributed by atoms with E-state index in [9.17, 15) is 0 Å². The Bertz CT molecular complexity index is 928. The number of anilines is 1. The maximum atomic E-state index is 6.57. The van der Waals surface area contributed by atoms with Gasteiger partial charge in [0.05, 0.1) is 18.8 Å². The van der Waals surface area contributed by atoms with Crippen LogP contribution in [0.3, 0.4) is 0 Å². The monoisotopic (exact) mass is 391 g/mol. The first kappa shape index (κ1) is 19.5. The highest BCUT2D eigenvalue weighted by Crippen LogP contribution is 2.28. The van der Waals surface area contributed by atoms with E-state index in [2.05, 4.69) is 62.7 Å². The first-order chi connectivity index (χ1) is 14.2. The lowest BCUT2D eigenvalue weighted by atomic mass is 10.2. The maximum Gasteiger partial charge on any atom is 0.142 e. The number of hydrogen-bond donors (Lipinski definition) is 1. The fraction of sp³-hybridized carbons (Fsp3) is 0.348. The summed E-state index contributed by atoms with van der Waals surface area (Å²) in [7, 11) is 1.73. The minimum atomic E-state index is -0.135. The Hall–Kier alpha value is -2.83. The van der Waals surface area contributed by atoms with Crippen molar-refractivity contribution in [2.24, 2.45) is 5.73 Å². The van der Waals surface area contributed by atoms with Crippen LogP contribution in [0.4, 0.5) is 5.69 Å². The number of hydrogen-bond acceptors (Lipinski definition) is 5. The van der Waals surface area contributed by atoms with Gasteiger partial charge in [-0.2, -0.15) is 0 Å². The molecule has 2 N–H and O–H groups in total. The summed E-state index contributed by atoms with van der Waals surface area (Å²) >= 11 is 0. The first-order valence-electron chi connectivity index (χ1n) is 10.1. The van der Waals surface area contributed by atoms with E-state index < -0.39 is 0 Å². The Balaban J connectivity index is 1.39. The summed E-state index contributed by atoms with van der Waals surface area (Å²) in [5, 5.41) is 0. The summed E-state index contributed by atoms with van der Waals surface area (Å²) in [6, 6.07) is 16.5. The molecule has 0 bridgehead atoms. The Kier molecular flexibility index (Phi) is 5.83. The van der Waals surface area contributed by atoms with Crippen LogP contribution in [0.5, 0.6) is 5.75 Å². The molecule has 1 unspecified atom stereocenters. The standard InChI is InChI=1S/C23H29N5O/c1-18-7-9-19(10-8-18)28-12-11-25-23(28)20(24)17-26-13-15-27(16-14-26)21-5-3-4-6-22(21)29-2/h3-12,20H,13-17,24H2,1-2H3. The summed E-state index contributed by atoms with van der Waals surface area (Å²) in [6.45, 7) is 6.74. The van der Waals surface area contributed by atoms with Gasteiger partial charge in [-0.15, -0.1) is 0 Å². The fourth-order valence-corrected chi connectivity index (χ4v) is 3.94. The molecule has 0 amide bonds. The van der Waals surface area contributed by atoms with Crippen molar-refractivity contribution in [3.63, 3.8) is 0 Å². The van der Waals surface area contributed by atoms with Crippen LogP contribution < -0.4 is 15.4 Å². The second-order valence-electron chi connectivity index (χ2n) is 7.56. The molecule has 29 heavy (non-hydrogen) atoms. The number of aryl methyl sites for hydroxylation is 1. The second-order valence-corrected chi connectivity index (χ2v) is 7.56. The third-order valence-corrected chi connectivity index (χ3v) is 5.57. The van der Waals surface area contributed by atoms with Crippen LogP contribution in [-0.2, 0) is 0 Å². The average molecular weight is 392 g/mol. The molecule has 6 heteroatoms. The largest absolute Gasteiger partial charge is 0.495 e. The quantitative estimate of drug-likeness (QED) is 0.700. The van der Waals surface area contributed by atoms with E-state index in [4.69, 9.17) is 10.5 Å². The minimum Gasteiger partial charge on any atom is -0.495 e. The first-order valence-corrected chi connectivity index (χ1v) is 10.1. The lowest BCUT2D eigenvalue weighted by Gasteiger charge is -2.37. The van der Waals surface area contributed by atoms with Gasteiger partial charge in [0.25, 0.3) is 0 Å². The smallest absolute Gasteiger partial charge is 0.142 e. The van der Waals surface area contributed by atoms with E-state index in [0.717, 1.165) is 55.7 Å². The maximum absolute atomic E-state index is 6.57. The predicted molar refractivity (Wildman–Crippen MR) is 117 cm³/mol. The third-order valence-electron chi connectivity index (χ3n) is 5.57. The number of imidazole rings is 1. The lowest BCUT2D eigenvalue weighted by molar-refractivity contribution is 0.239. The summed E-state index contributed by atoms with van der Waals surface area (Å²) < 4.78 is 7.61. The number of ether oxygens (including phenoxy) is 1. The van der Waals surface area contributed by atoms with Crippen LogP contribution in [0, 0.1) is 6.92 Å². The van der Waals surface area contributed by atoms with Crippen molar-refractivity contribution >= 4 is 5.69 Å². The van der Waals surface area contributed by atoms with Crippen LogP contribution in [0.25, 0.3) is 5.69 Å². The van der Waals surface area contributed by atoms with Crippen LogP contribution in [0.15, 0.2) is 60.9 Å². The molecule has 1 aromatic heterocycles. The number of benzene rings is 2. The molecule has 1 aliphatic heterocycles. The highest BCUT2D eigenvalue weighted by molar-refractivity contribution is 5.58. The molecule has 0 saturated carbocycles. The number of nitrogens with two attached hydrogens (primary N) is 1. The van der Waals surface area contributed by atoms with Gasteiger partial charge in [0, 0.05) is 50.8 Å². The molecule has 1 fully saturated rings. The van der Waals surface area contributed by atoms with E-state index >= 15 is 0 Å². The van der Waals surface area contributed by atoms with Crippen molar-refractivity contribution in [2.75, 3.05) is 44.7 Å². The van der Waals surface area contributed by atoms with Crippen LogP contribution in [0.1, 0.15) is 17.4 Å². The van der Waals surface area contributed by atoms with E-state index in [0.29, 0.717) is 0 Å². The molecule has 152 valence electrons. The normalized spacial score (nSPS) is 16.0. The summed E-state index contributed by atoms with van der Waals surface area (Å²) in [4.78, 5) is 9.35. The summed E-state index contributed by atoms with van der Waals surface area (Å²) in [5.74, 6) is 1.83. The van der Waals surface area contributed by atoms with Crippen molar-refractivity contribution in [1.82, 2.24) is 14.5 Å². The van der Waals surface area contributed by atoms with Gasteiger partial charge >= 0.3 is 0 Å². The molecule has 0 spiro atoms. The van der Waals surface area contributed by atoms with Crippen molar-refractivity contribution in [2.45, 2.75) is 13.0 Å². The highest BCUT2D eigenvalue weighted by atomic mass is 16.5. The molecular weight excluding hydrogens is 362 g/mol. The van der Waals surface area contributed by atoms with Gasteiger partial charge in [-0.05, 0) is 31.2 Å². The SMILES string of the molecule is COc1ccccc1N1CCN(CC(N)c2nccn2-c2ccc(C)cc2)CC1. The van der Waals surface area contributed by atoms with Gasteiger partial charge in [-0.25, -0.2) is 4.98 Å². The van der Waals surface area contributed by atoms with E-state index in [1.165, 1.54) is 5.56 Å². The minimum absolute atomic E-state index is 0.135. The Morgan fingerprint density at radius 2 is 1.76 bits per heavy atom. The Labute approximate surface area is 172 Å². The Morgan fingerprint density at radius 3 is 2.48 bits per heavy atom. The fourth-order valence-electron chi connectivity index (χ4n) is 3.94. The average Bonchev–Trinajstić information content (AvgIpc) is 3.25. The van der Waals surface area contributed by atoms with Crippen molar-refractivity contribution in [1.29, 1.82) is 0 Å². The van der Waals surface area contributed by atoms with Gasteiger partial charge in [0.1, 0.15) is 11.6 Å². The zero-order valence-electron chi connectivity index (χ0n) is 17.2. The van der Waals surface area contributed by atoms with Gasteiger partial charge in [0.2, 0.25) is 0 Å². The second kappa shape index (κ2) is 8.68. The molecule has 3 aromatic rings. The van der Waals surface area contributed by atoms with Crippen molar-refractivity contribution in [3.05, 3.63) is 72.3 Å². The van der Waals surface area contributed by atoms with Crippen molar-refractivity contribution < 1.29 is 4.74 Å². The van der Waals surface area contributed by atoms with Gasteiger partial charge in [-0.3, -0.25) is 4.90 Å². The van der Waals surface area contributed by atoms with Gasteiger partial charge in [0.15, 0.2) is 0 Å². The van der Waals surface area contributed by atoms with E-state index in [1.54, 1.807) is 7.11 Å². The summed E-state index contributed by atoms with van der Waals surface area (Å²) in [6.07, 6.45) is 3.81. The van der Waals surface area contributed by atoms with Gasteiger partial charge < -0.3 is 19.9 Å². The summed E-state index contributed by atoms with van der Waals surface area (Å²) in [5.41, 5.74) is 10.1. The molecule has 2 aromatic carbocycles. The molecule has 1 atom stereocenters. The molecule has 0 radical (unpaired) electrons. The molecule has 1 saturated heterocycles. The number of para-hydroxylation sites is 2. The molecule has 2 heterocycles. The molecular formula is C23H29N5O. The zero-order chi connectivity index (χ0) is 20.2. The molecule has 0 aliphatic carbocycles. The van der Waals surface area contributed by atoms with Gasteiger partial charge in [-0.1, -0.05) is 29.8 Å². The highest BCUT2D eigenvalue weighted by Gasteiger charge is 2.23. The zero-order valence-corrected chi connectivity index (χ0v) is 17.2. The number of aromatic nitrogens is 2. The molecule has 6 nitrogen and oxygen atoms in total. The topological polar surface area (TPSA) is 59.6 Å². The van der Waals surface area contributed by atoms with Crippen LogP contribution in [-0.4, -0.2) is 54.3 Å². The number of methoxy groups -OCH3 is 1. The van der Waals surface area contributed by atoms with Crippen LogP contribution >= 0.6 is 0 Å². The van der Waals surface area contributed by atoms with Crippen molar-refractivity contribution in [3.8, 4) is 11.4 Å². The lowest BCUT2D eigenvalue weighted by Crippen LogP contribution is -2.48. The number of rotatable bonds is 6. The number of nitrogens with zero attached hydrogens (tertiary/aromatic N) is 4. The third kappa shape index (κ3) is 4.28. The predicted octanol–water partition coefficient (Wildman–Crippen LogP) is 3.01. The van der Waals surface area contributed by atoms with E-state index in [1.807, 2.05) is 24.5 Å². The molecule has 1 aliphatic rings. The van der Waals surface area contributed by atoms with E-state index in [-0.39, 0.29) is 6.04 Å². The van der Waals surface area contributed by atoms with Crippen LogP contribution in [0.2, 0.25) is 0 Å². The molecule has 4 rings (SSSR count).